The Kier molecular flexibility index (Phi) is 8.44. The van der Waals surface area contributed by atoms with Crippen molar-refractivity contribution in [1.29, 1.82) is 0 Å². The maximum Gasteiger partial charge on any atom is 0.260 e. The third-order valence-electron chi connectivity index (χ3n) is 6.52. The molecule has 9 nitrogen and oxygen atoms in total. The molecule has 5 rings (SSSR count). The van der Waals surface area contributed by atoms with Crippen molar-refractivity contribution < 1.29 is 22.7 Å². The minimum atomic E-state index is -3.63. The van der Waals surface area contributed by atoms with Crippen LogP contribution in [0, 0.1) is 0 Å². The topological polar surface area (TPSA) is 92.3 Å². The molecule has 2 aromatic carbocycles. The standard InChI is InChI=1S/C25H30N4O5S3/c1-35-21-3-2-4-22-23(21)26-25(36-22)29(10-9-27-11-15-33-16-12-27)24(30)19-5-7-20(8-6-19)37(31,32)28-13-17-34-18-14-28/h2-8H,9-18H2,1H3. The van der Waals surface area contributed by atoms with E-state index in [9.17, 15) is 13.2 Å². The van der Waals surface area contributed by atoms with Gasteiger partial charge in [-0.1, -0.05) is 17.4 Å². The summed E-state index contributed by atoms with van der Waals surface area (Å²) in [7, 11) is -3.63. The highest BCUT2D eigenvalue weighted by molar-refractivity contribution is 7.98. The predicted molar refractivity (Wildman–Crippen MR) is 146 cm³/mol. The number of anilines is 1. The van der Waals surface area contributed by atoms with Gasteiger partial charge in [0.15, 0.2) is 5.13 Å². The van der Waals surface area contributed by atoms with E-state index in [2.05, 4.69) is 4.90 Å². The third kappa shape index (κ3) is 5.85. The van der Waals surface area contributed by atoms with Crippen molar-refractivity contribution in [1.82, 2.24) is 14.2 Å². The van der Waals surface area contributed by atoms with Gasteiger partial charge in [0, 0.05) is 49.7 Å². The number of thioether (sulfide) groups is 1. The van der Waals surface area contributed by atoms with Gasteiger partial charge in [0.1, 0.15) is 0 Å². The van der Waals surface area contributed by atoms with Gasteiger partial charge in [-0.15, -0.1) is 11.8 Å². The fraction of sp³-hybridized carbons (Fsp3) is 0.440. The second-order valence-corrected chi connectivity index (χ2v) is 12.6. The van der Waals surface area contributed by atoms with Crippen LogP contribution in [0.3, 0.4) is 0 Å². The van der Waals surface area contributed by atoms with E-state index in [0.717, 1.165) is 28.2 Å². The Morgan fingerprint density at radius 2 is 1.70 bits per heavy atom. The summed E-state index contributed by atoms with van der Waals surface area (Å²) in [5.41, 5.74) is 1.32. The highest BCUT2D eigenvalue weighted by atomic mass is 32.2. The predicted octanol–water partition coefficient (Wildman–Crippen LogP) is 3.02. The first-order valence-corrected chi connectivity index (χ1v) is 15.7. The van der Waals surface area contributed by atoms with Crippen molar-refractivity contribution in [2.75, 3.05) is 76.9 Å². The summed E-state index contributed by atoms with van der Waals surface area (Å²) in [4.78, 5) is 23.9. The summed E-state index contributed by atoms with van der Waals surface area (Å²) in [6.45, 7) is 5.62. The quantitative estimate of drug-likeness (QED) is 0.387. The molecular weight excluding hydrogens is 532 g/mol. The van der Waals surface area contributed by atoms with Gasteiger partial charge in [0.05, 0.1) is 41.5 Å². The lowest BCUT2D eigenvalue weighted by Gasteiger charge is -2.29. The molecule has 0 atom stereocenters. The zero-order valence-corrected chi connectivity index (χ0v) is 23.1. The summed E-state index contributed by atoms with van der Waals surface area (Å²) in [6.07, 6.45) is 2.02. The molecule has 0 bridgehead atoms. The van der Waals surface area contributed by atoms with Crippen LogP contribution in [0.15, 0.2) is 52.3 Å². The van der Waals surface area contributed by atoms with Crippen LogP contribution in [-0.2, 0) is 19.5 Å². The molecule has 1 amide bonds. The van der Waals surface area contributed by atoms with Crippen molar-refractivity contribution in [2.45, 2.75) is 9.79 Å². The van der Waals surface area contributed by atoms with Gasteiger partial charge < -0.3 is 9.47 Å². The molecule has 0 N–H and O–H groups in total. The number of amides is 1. The lowest BCUT2D eigenvalue weighted by atomic mass is 10.2. The molecule has 0 spiro atoms. The number of carbonyl (C=O) groups is 1. The minimum absolute atomic E-state index is 0.176. The van der Waals surface area contributed by atoms with E-state index in [-0.39, 0.29) is 10.8 Å². The summed E-state index contributed by atoms with van der Waals surface area (Å²) in [6, 6.07) is 12.3. The number of ether oxygens (including phenoxy) is 2. The molecule has 3 aromatic rings. The van der Waals surface area contributed by atoms with Crippen LogP contribution >= 0.6 is 23.1 Å². The number of hydrogen-bond donors (Lipinski definition) is 0. The van der Waals surface area contributed by atoms with Crippen LogP contribution in [0.4, 0.5) is 5.13 Å². The zero-order chi connectivity index (χ0) is 25.8. The summed E-state index contributed by atoms with van der Waals surface area (Å²) in [5, 5.41) is 0.639. The number of rotatable bonds is 8. The van der Waals surface area contributed by atoms with Crippen LogP contribution in [0.5, 0.6) is 0 Å². The van der Waals surface area contributed by atoms with E-state index in [1.54, 1.807) is 28.8 Å². The van der Waals surface area contributed by atoms with Gasteiger partial charge in [-0.05, 0) is 42.7 Å². The molecule has 2 saturated heterocycles. The Bertz CT molecular complexity index is 1330. The van der Waals surface area contributed by atoms with E-state index >= 15 is 0 Å². The summed E-state index contributed by atoms with van der Waals surface area (Å²) in [5.74, 6) is -0.201. The fourth-order valence-electron chi connectivity index (χ4n) is 4.40. The van der Waals surface area contributed by atoms with Crippen molar-refractivity contribution in [3.05, 3.63) is 48.0 Å². The fourth-order valence-corrected chi connectivity index (χ4v) is 7.46. The Labute approximate surface area is 225 Å². The van der Waals surface area contributed by atoms with E-state index < -0.39 is 10.0 Å². The number of morpholine rings is 2. The second-order valence-electron chi connectivity index (χ2n) is 8.76. The van der Waals surface area contributed by atoms with Gasteiger partial charge in [0.2, 0.25) is 10.0 Å². The van der Waals surface area contributed by atoms with E-state index in [1.165, 1.54) is 27.8 Å². The molecule has 2 fully saturated rings. The van der Waals surface area contributed by atoms with Gasteiger partial charge in [-0.25, -0.2) is 13.4 Å². The number of nitrogens with zero attached hydrogens (tertiary/aromatic N) is 4. The highest BCUT2D eigenvalue weighted by Crippen LogP contribution is 2.34. The molecule has 12 heteroatoms. The van der Waals surface area contributed by atoms with Gasteiger partial charge in [-0.3, -0.25) is 14.6 Å². The molecule has 2 aliphatic rings. The van der Waals surface area contributed by atoms with Crippen LogP contribution in [0.2, 0.25) is 0 Å². The minimum Gasteiger partial charge on any atom is -0.379 e. The van der Waals surface area contributed by atoms with Gasteiger partial charge in [-0.2, -0.15) is 4.31 Å². The van der Waals surface area contributed by atoms with Crippen molar-refractivity contribution in [3.63, 3.8) is 0 Å². The summed E-state index contributed by atoms with van der Waals surface area (Å²) >= 11 is 3.12. The number of hydrogen-bond acceptors (Lipinski definition) is 9. The largest absolute Gasteiger partial charge is 0.379 e. The number of para-hydroxylation sites is 1. The second kappa shape index (κ2) is 11.8. The number of aromatic nitrogens is 1. The Morgan fingerprint density at radius 1 is 1.03 bits per heavy atom. The number of thiazole rings is 1. The number of benzene rings is 2. The van der Waals surface area contributed by atoms with Crippen molar-refractivity contribution in [2.24, 2.45) is 0 Å². The maximum atomic E-state index is 13.8. The van der Waals surface area contributed by atoms with E-state index in [0.29, 0.717) is 63.3 Å². The Morgan fingerprint density at radius 3 is 2.38 bits per heavy atom. The molecule has 1 aromatic heterocycles. The number of fused-ring (bicyclic) bond motifs is 1. The first-order valence-electron chi connectivity index (χ1n) is 12.2. The van der Waals surface area contributed by atoms with Crippen molar-refractivity contribution >= 4 is 54.4 Å². The smallest absolute Gasteiger partial charge is 0.260 e. The molecule has 198 valence electrons. The molecule has 3 heterocycles. The average molecular weight is 563 g/mol. The maximum absolute atomic E-state index is 13.8. The normalized spacial score (nSPS) is 17.8. The molecule has 0 aliphatic carbocycles. The third-order valence-corrected chi connectivity index (χ3v) is 10.2. The Hall–Kier alpha value is -2.06. The van der Waals surface area contributed by atoms with Gasteiger partial charge in [0.25, 0.3) is 5.91 Å². The summed E-state index contributed by atoms with van der Waals surface area (Å²) < 4.78 is 39.2. The number of carbonyl (C=O) groups excluding carboxylic acids is 1. The first-order chi connectivity index (χ1) is 18.0. The van der Waals surface area contributed by atoms with Gasteiger partial charge >= 0.3 is 0 Å². The molecule has 37 heavy (non-hydrogen) atoms. The number of sulfonamides is 1. The zero-order valence-electron chi connectivity index (χ0n) is 20.7. The molecule has 0 unspecified atom stereocenters. The van der Waals surface area contributed by atoms with Crippen LogP contribution < -0.4 is 4.90 Å². The highest BCUT2D eigenvalue weighted by Gasteiger charge is 2.28. The molecule has 0 radical (unpaired) electrons. The molecule has 0 saturated carbocycles. The molecular formula is C25H30N4O5S3. The first kappa shape index (κ1) is 26.5. The lowest BCUT2D eigenvalue weighted by Crippen LogP contribution is -2.43. The van der Waals surface area contributed by atoms with Crippen LogP contribution in [-0.4, -0.2) is 100 Å². The van der Waals surface area contributed by atoms with Crippen LogP contribution in [0.25, 0.3) is 10.2 Å². The average Bonchev–Trinajstić information content (AvgIpc) is 3.38. The van der Waals surface area contributed by atoms with Crippen LogP contribution in [0.1, 0.15) is 10.4 Å². The molecule has 2 aliphatic heterocycles. The lowest BCUT2D eigenvalue weighted by molar-refractivity contribution is 0.0391. The SMILES string of the molecule is CSc1cccc2sc(N(CCN3CCOCC3)C(=O)c3ccc(S(=O)(=O)N4CCOCC4)cc3)nc12. The Balaban J connectivity index is 1.42. The van der Waals surface area contributed by atoms with Crippen molar-refractivity contribution in [3.8, 4) is 0 Å². The van der Waals surface area contributed by atoms with E-state index in [1.807, 2.05) is 24.5 Å². The van der Waals surface area contributed by atoms with E-state index in [4.69, 9.17) is 14.5 Å². The monoisotopic (exact) mass is 562 g/mol.